The number of carbonyl (C=O) groups excluding carboxylic acids is 1. The molecule has 0 fully saturated rings. The molecule has 2 heterocycles. The lowest BCUT2D eigenvalue weighted by atomic mass is 10.1. The largest absolute Gasteiger partial charge is 0.481 e. The minimum absolute atomic E-state index is 0.0593. The number of aryl methyl sites for hydroxylation is 2. The number of rotatable bonds is 6. The van der Waals surface area contributed by atoms with E-state index in [1.165, 1.54) is 0 Å². The SMILES string of the molecule is Cc1noc(C)c1CCC(=O)NCC#CCOc1ccc2c(c1)OCO2. The Bertz CT molecular complexity index is 828. The van der Waals surface area contributed by atoms with Crippen LogP contribution in [0.4, 0.5) is 0 Å². The van der Waals surface area contributed by atoms with Crippen LogP contribution in [0.2, 0.25) is 0 Å². The molecule has 1 aliphatic heterocycles. The van der Waals surface area contributed by atoms with Crippen molar-refractivity contribution in [1.29, 1.82) is 0 Å². The number of nitrogens with zero attached hydrogens (tertiary/aromatic N) is 1. The number of ether oxygens (including phenoxy) is 3. The van der Waals surface area contributed by atoms with Crippen molar-refractivity contribution >= 4 is 5.91 Å². The van der Waals surface area contributed by atoms with E-state index >= 15 is 0 Å². The third-order valence-corrected chi connectivity index (χ3v) is 3.94. The van der Waals surface area contributed by atoms with E-state index in [0.29, 0.717) is 30.1 Å². The van der Waals surface area contributed by atoms with E-state index in [4.69, 9.17) is 18.7 Å². The average molecular weight is 356 g/mol. The van der Waals surface area contributed by atoms with Gasteiger partial charge < -0.3 is 24.1 Å². The molecule has 1 aromatic heterocycles. The number of hydrogen-bond donors (Lipinski definition) is 1. The molecule has 0 saturated heterocycles. The number of amides is 1. The summed E-state index contributed by atoms with van der Waals surface area (Å²) in [6.07, 6.45) is 0.978. The Morgan fingerprint density at radius 2 is 2.12 bits per heavy atom. The summed E-state index contributed by atoms with van der Waals surface area (Å²) < 4.78 is 21.1. The van der Waals surface area contributed by atoms with Crippen molar-refractivity contribution in [2.75, 3.05) is 19.9 Å². The van der Waals surface area contributed by atoms with E-state index in [0.717, 1.165) is 17.0 Å². The third-order valence-electron chi connectivity index (χ3n) is 3.94. The summed E-state index contributed by atoms with van der Waals surface area (Å²) in [5.74, 6) is 8.46. The maximum Gasteiger partial charge on any atom is 0.231 e. The van der Waals surface area contributed by atoms with Gasteiger partial charge in [-0.3, -0.25) is 4.79 Å². The summed E-state index contributed by atoms with van der Waals surface area (Å²) in [7, 11) is 0. The summed E-state index contributed by atoms with van der Waals surface area (Å²) in [6.45, 7) is 4.46. The van der Waals surface area contributed by atoms with Gasteiger partial charge in [-0.05, 0) is 32.4 Å². The maximum atomic E-state index is 11.8. The Hall–Kier alpha value is -3.14. The summed E-state index contributed by atoms with van der Waals surface area (Å²) in [5, 5.41) is 6.64. The normalized spacial score (nSPS) is 11.6. The van der Waals surface area contributed by atoms with Gasteiger partial charge in [0.15, 0.2) is 11.5 Å². The van der Waals surface area contributed by atoms with Gasteiger partial charge in [0.2, 0.25) is 12.7 Å². The number of benzene rings is 1. The molecule has 0 saturated carbocycles. The first kappa shape index (κ1) is 17.7. The number of hydrogen-bond acceptors (Lipinski definition) is 6. The zero-order valence-corrected chi connectivity index (χ0v) is 14.8. The summed E-state index contributed by atoms with van der Waals surface area (Å²) >= 11 is 0. The number of fused-ring (bicyclic) bond motifs is 1. The van der Waals surface area contributed by atoms with Gasteiger partial charge in [-0.15, -0.1) is 0 Å². The van der Waals surface area contributed by atoms with Gasteiger partial charge in [-0.2, -0.15) is 0 Å². The van der Waals surface area contributed by atoms with E-state index in [1.807, 2.05) is 13.8 Å². The van der Waals surface area contributed by atoms with Gasteiger partial charge in [-0.25, -0.2) is 0 Å². The van der Waals surface area contributed by atoms with E-state index in [-0.39, 0.29) is 25.9 Å². The zero-order valence-electron chi connectivity index (χ0n) is 14.8. The average Bonchev–Trinajstić information content (AvgIpc) is 3.22. The first-order chi connectivity index (χ1) is 12.6. The lowest BCUT2D eigenvalue weighted by Crippen LogP contribution is -2.24. The zero-order chi connectivity index (χ0) is 18.4. The summed E-state index contributed by atoms with van der Waals surface area (Å²) in [5.41, 5.74) is 1.82. The molecule has 1 N–H and O–H groups in total. The van der Waals surface area contributed by atoms with Crippen LogP contribution in [0.5, 0.6) is 17.2 Å². The number of nitrogens with one attached hydrogen (secondary N) is 1. The van der Waals surface area contributed by atoms with Crippen molar-refractivity contribution in [3.05, 3.63) is 35.2 Å². The molecule has 0 atom stereocenters. The third kappa shape index (κ3) is 4.48. The van der Waals surface area contributed by atoms with E-state index < -0.39 is 0 Å². The fraction of sp³-hybridized carbons (Fsp3) is 0.368. The Morgan fingerprint density at radius 3 is 2.92 bits per heavy atom. The summed E-state index contributed by atoms with van der Waals surface area (Å²) in [6, 6.07) is 5.36. The molecule has 1 aromatic carbocycles. The second-order valence-electron chi connectivity index (χ2n) is 5.74. The molecule has 0 spiro atoms. The van der Waals surface area contributed by atoms with E-state index in [2.05, 4.69) is 22.3 Å². The fourth-order valence-corrected chi connectivity index (χ4v) is 2.53. The molecule has 0 bridgehead atoms. The maximum absolute atomic E-state index is 11.8. The predicted molar refractivity (Wildman–Crippen MR) is 93.1 cm³/mol. The van der Waals surface area contributed by atoms with Crippen LogP contribution in [-0.4, -0.2) is 31.0 Å². The molecule has 26 heavy (non-hydrogen) atoms. The molecule has 136 valence electrons. The topological polar surface area (TPSA) is 82.8 Å². The molecule has 7 heteroatoms. The molecule has 0 radical (unpaired) electrons. The first-order valence-corrected chi connectivity index (χ1v) is 8.30. The highest BCUT2D eigenvalue weighted by molar-refractivity contribution is 5.76. The van der Waals surface area contributed by atoms with Gasteiger partial charge in [-0.1, -0.05) is 17.0 Å². The number of carbonyl (C=O) groups is 1. The van der Waals surface area contributed by atoms with Crippen molar-refractivity contribution in [2.24, 2.45) is 0 Å². The van der Waals surface area contributed by atoms with Gasteiger partial charge in [0.25, 0.3) is 0 Å². The van der Waals surface area contributed by atoms with Crippen LogP contribution in [0.1, 0.15) is 23.4 Å². The Labute approximate surface area is 151 Å². The molecule has 1 amide bonds. The second-order valence-corrected chi connectivity index (χ2v) is 5.74. The van der Waals surface area contributed by atoms with Crippen molar-refractivity contribution in [2.45, 2.75) is 26.7 Å². The molecule has 0 unspecified atom stereocenters. The smallest absolute Gasteiger partial charge is 0.231 e. The first-order valence-electron chi connectivity index (χ1n) is 8.30. The van der Waals surface area contributed by atoms with Crippen LogP contribution < -0.4 is 19.5 Å². The standard InChI is InChI=1S/C19H20N2O5/c1-13-16(14(2)26-21-13)6-8-19(22)20-9-3-4-10-23-15-5-7-17-18(11-15)25-12-24-17/h5,7,11H,6,8-10,12H2,1-2H3,(H,20,22). The summed E-state index contributed by atoms with van der Waals surface area (Å²) in [4.78, 5) is 11.8. The molecule has 2 aromatic rings. The fourth-order valence-electron chi connectivity index (χ4n) is 2.53. The van der Waals surface area contributed by atoms with E-state index in [1.54, 1.807) is 18.2 Å². The van der Waals surface area contributed by atoms with Gasteiger partial charge in [0.1, 0.15) is 18.1 Å². The Morgan fingerprint density at radius 1 is 1.27 bits per heavy atom. The van der Waals surface area contributed by atoms with Crippen LogP contribution in [0.25, 0.3) is 0 Å². The quantitative estimate of drug-likeness (QED) is 0.799. The van der Waals surface area contributed by atoms with Crippen LogP contribution in [0.3, 0.4) is 0 Å². The van der Waals surface area contributed by atoms with Crippen LogP contribution >= 0.6 is 0 Å². The van der Waals surface area contributed by atoms with Crippen LogP contribution in [-0.2, 0) is 11.2 Å². The highest BCUT2D eigenvalue weighted by Gasteiger charge is 2.13. The Balaban J connectivity index is 1.34. The van der Waals surface area contributed by atoms with Crippen LogP contribution in [0.15, 0.2) is 22.7 Å². The van der Waals surface area contributed by atoms with Crippen molar-refractivity contribution in [3.63, 3.8) is 0 Å². The highest BCUT2D eigenvalue weighted by Crippen LogP contribution is 2.34. The predicted octanol–water partition coefficient (Wildman–Crippen LogP) is 2.15. The number of aromatic nitrogens is 1. The lowest BCUT2D eigenvalue weighted by molar-refractivity contribution is -0.120. The minimum atomic E-state index is -0.0593. The molecule has 3 rings (SSSR count). The molecule has 7 nitrogen and oxygen atoms in total. The molecule has 1 aliphatic rings. The monoisotopic (exact) mass is 356 g/mol. The van der Waals surface area contributed by atoms with Gasteiger partial charge in [0.05, 0.1) is 12.2 Å². The molecule has 0 aliphatic carbocycles. The Kier molecular flexibility index (Phi) is 5.64. The second kappa shape index (κ2) is 8.30. The van der Waals surface area contributed by atoms with E-state index in [9.17, 15) is 4.79 Å². The lowest BCUT2D eigenvalue weighted by Gasteiger charge is -2.03. The van der Waals surface area contributed by atoms with Gasteiger partial charge >= 0.3 is 0 Å². The van der Waals surface area contributed by atoms with Crippen molar-refractivity contribution in [3.8, 4) is 29.1 Å². The van der Waals surface area contributed by atoms with Crippen molar-refractivity contribution < 1.29 is 23.5 Å². The van der Waals surface area contributed by atoms with Crippen LogP contribution in [0, 0.1) is 25.7 Å². The molecular formula is C19H20N2O5. The minimum Gasteiger partial charge on any atom is -0.481 e. The highest BCUT2D eigenvalue weighted by atomic mass is 16.7. The molecular weight excluding hydrogens is 336 g/mol. The van der Waals surface area contributed by atoms with Crippen molar-refractivity contribution in [1.82, 2.24) is 10.5 Å². The van der Waals surface area contributed by atoms with Gasteiger partial charge in [0, 0.05) is 18.1 Å².